The molecule has 18 heavy (non-hydrogen) atoms. The van der Waals surface area contributed by atoms with Gasteiger partial charge in [-0.2, -0.15) is 5.26 Å². The third kappa shape index (κ3) is 1.76. The predicted molar refractivity (Wildman–Crippen MR) is 65.7 cm³/mol. The molecule has 1 saturated carbocycles. The van der Waals surface area contributed by atoms with Crippen molar-refractivity contribution in [3.8, 4) is 6.07 Å². The number of nitrogens with zero attached hydrogens (tertiary/aromatic N) is 4. The van der Waals surface area contributed by atoms with Crippen LogP contribution in [0.1, 0.15) is 19.3 Å². The minimum absolute atomic E-state index is 0.0459. The van der Waals surface area contributed by atoms with Crippen LogP contribution in [0.15, 0.2) is 29.1 Å². The molecule has 1 aliphatic rings. The number of hydrogen-bond acceptors (Lipinski definition) is 4. The Morgan fingerprint density at radius 2 is 2.17 bits per heavy atom. The van der Waals surface area contributed by atoms with Crippen LogP contribution in [0.3, 0.4) is 0 Å². The first kappa shape index (κ1) is 10.9. The summed E-state index contributed by atoms with van der Waals surface area (Å²) in [4.78, 5) is 12.2. The Morgan fingerprint density at radius 3 is 2.89 bits per heavy atom. The molecule has 1 fully saturated rings. The molecule has 1 aromatic carbocycles. The molecule has 0 spiro atoms. The molecule has 3 rings (SSSR count). The van der Waals surface area contributed by atoms with E-state index in [2.05, 4.69) is 16.4 Å². The van der Waals surface area contributed by atoms with Crippen molar-refractivity contribution in [2.45, 2.75) is 25.8 Å². The van der Waals surface area contributed by atoms with Gasteiger partial charge in [0, 0.05) is 11.8 Å². The molecule has 0 atom stereocenters. The van der Waals surface area contributed by atoms with E-state index in [-0.39, 0.29) is 11.0 Å². The number of hydrogen-bond donors (Lipinski definition) is 0. The lowest BCUT2D eigenvalue weighted by atomic mass is 10.0. The fourth-order valence-electron chi connectivity index (χ4n) is 2.18. The molecule has 5 heteroatoms. The number of benzene rings is 1. The molecule has 90 valence electrons. The Hall–Kier alpha value is -2.22. The van der Waals surface area contributed by atoms with Gasteiger partial charge in [-0.15, -0.1) is 5.10 Å². The summed E-state index contributed by atoms with van der Waals surface area (Å²) in [5.74, 6) is 0. The molecule has 5 nitrogen and oxygen atoms in total. The van der Waals surface area contributed by atoms with E-state index < -0.39 is 0 Å². The highest BCUT2D eigenvalue weighted by atomic mass is 16.1. The van der Waals surface area contributed by atoms with Crippen LogP contribution in [0.2, 0.25) is 0 Å². The van der Waals surface area contributed by atoms with Gasteiger partial charge in [0.1, 0.15) is 5.52 Å². The highest BCUT2D eigenvalue weighted by molar-refractivity contribution is 5.76. The van der Waals surface area contributed by atoms with Gasteiger partial charge >= 0.3 is 0 Å². The summed E-state index contributed by atoms with van der Waals surface area (Å²) in [7, 11) is 0. The lowest BCUT2D eigenvalue weighted by Gasteiger charge is -2.11. The van der Waals surface area contributed by atoms with Gasteiger partial charge in [-0.3, -0.25) is 4.79 Å². The van der Waals surface area contributed by atoms with Gasteiger partial charge < -0.3 is 0 Å². The van der Waals surface area contributed by atoms with Crippen molar-refractivity contribution in [1.82, 2.24) is 15.0 Å². The number of rotatable bonds is 3. The van der Waals surface area contributed by atoms with Crippen molar-refractivity contribution in [2.24, 2.45) is 5.41 Å². The van der Waals surface area contributed by atoms with Gasteiger partial charge in [0.2, 0.25) is 0 Å². The maximum atomic E-state index is 12.2. The van der Waals surface area contributed by atoms with Crippen LogP contribution in [0.25, 0.3) is 10.9 Å². The zero-order chi connectivity index (χ0) is 12.6. The minimum Gasteiger partial charge on any atom is -0.267 e. The monoisotopic (exact) mass is 240 g/mol. The number of nitriles is 1. The molecule has 0 aliphatic heterocycles. The number of aromatic nitrogens is 3. The predicted octanol–water partition coefficient (Wildman–Crippen LogP) is 1.49. The fraction of sp³-hybridized carbons (Fsp3) is 0.385. The maximum absolute atomic E-state index is 12.2. The van der Waals surface area contributed by atoms with Crippen LogP contribution >= 0.6 is 0 Å². The second kappa shape index (κ2) is 3.91. The Morgan fingerprint density at radius 1 is 1.39 bits per heavy atom. The quantitative estimate of drug-likeness (QED) is 0.814. The fourth-order valence-corrected chi connectivity index (χ4v) is 2.18. The highest BCUT2D eigenvalue weighted by Crippen LogP contribution is 2.49. The summed E-state index contributed by atoms with van der Waals surface area (Å²) in [5, 5.41) is 17.4. The van der Waals surface area contributed by atoms with E-state index in [4.69, 9.17) is 5.26 Å². The molecule has 1 aromatic heterocycles. The first-order valence-corrected chi connectivity index (χ1v) is 5.94. The summed E-state index contributed by atoms with van der Waals surface area (Å²) >= 11 is 0. The van der Waals surface area contributed by atoms with Gasteiger partial charge in [0.15, 0.2) is 0 Å². The van der Waals surface area contributed by atoms with Gasteiger partial charge in [-0.25, -0.2) is 4.68 Å². The Labute approximate surface area is 104 Å². The summed E-state index contributed by atoms with van der Waals surface area (Å²) in [6.45, 7) is 0.497. The molecular weight excluding hydrogens is 228 g/mol. The maximum Gasteiger partial charge on any atom is 0.277 e. The molecule has 0 amide bonds. The van der Waals surface area contributed by atoms with E-state index in [0.717, 1.165) is 12.8 Å². The van der Waals surface area contributed by atoms with E-state index >= 15 is 0 Å². The molecule has 0 saturated heterocycles. The van der Waals surface area contributed by atoms with Gasteiger partial charge in [0.05, 0.1) is 18.0 Å². The number of fused-ring (bicyclic) bond motifs is 1. The second-order valence-corrected chi connectivity index (χ2v) is 4.90. The van der Waals surface area contributed by atoms with E-state index in [1.807, 2.05) is 12.1 Å². The minimum atomic E-state index is -0.121. The summed E-state index contributed by atoms with van der Waals surface area (Å²) in [5.41, 5.74) is 0.448. The van der Waals surface area contributed by atoms with Crippen molar-refractivity contribution < 1.29 is 0 Å². The lowest BCUT2D eigenvalue weighted by molar-refractivity contribution is 0.383. The normalized spacial score (nSPS) is 16.4. The Bertz CT molecular complexity index is 694. The topological polar surface area (TPSA) is 71.6 Å². The third-order valence-corrected chi connectivity index (χ3v) is 3.53. The Balaban J connectivity index is 2.01. The zero-order valence-electron chi connectivity index (χ0n) is 9.83. The first-order chi connectivity index (χ1) is 8.74. The van der Waals surface area contributed by atoms with Crippen LogP contribution in [0, 0.1) is 16.7 Å². The van der Waals surface area contributed by atoms with Gasteiger partial charge in [0.25, 0.3) is 5.56 Å². The van der Waals surface area contributed by atoms with Crippen molar-refractivity contribution in [2.75, 3.05) is 0 Å². The molecule has 0 bridgehead atoms. The molecule has 1 aliphatic carbocycles. The Kier molecular flexibility index (Phi) is 2.37. The standard InChI is InChI=1S/C13H12N4O/c14-8-7-13(5-6-13)9-17-12(18)10-3-1-2-4-11(10)15-16-17/h1-4H,5-7,9H2. The average Bonchev–Trinajstić information content (AvgIpc) is 3.14. The highest BCUT2D eigenvalue weighted by Gasteiger charge is 2.43. The average molecular weight is 240 g/mol. The van der Waals surface area contributed by atoms with Crippen molar-refractivity contribution in [3.63, 3.8) is 0 Å². The zero-order valence-corrected chi connectivity index (χ0v) is 9.83. The van der Waals surface area contributed by atoms with Gasteiger partial charge in [-0.05, 0) is 25.0 Å². The summed E-state index contributed by atoms with van der Waals surface area (Å²) < 4.78 is 1.40. The third-order valence-electron chi connectivity index (χ3n) is 3.53. The van der Waals surface area contributed by atoms with E-state index in [0.29, 0.717) is 23.9 Å². The molecule has 0 unspecified atom stereocenters. The molecule has 0 N–H and O–H groups in total. The molecule has 1 heterocycles. The molecular formula is C13H12N4O. The SMILES string of the molecule is N#CCC1(Cn2nnc3ccccc3c2=O)CC1. The second-order valence-electron chi connectivity index (χ2n) is 4.90. The molecule has 2 aromatic rings. The lowest BCUT2D eigenvalue weighted by Crippen LogP contribution is -2.28. The summed E-state index contributed by atoms with van der Waals surface area (Å²) in [6, 6.07) is 9.36. The van der Waals surface area contributed by atoms with Crippen LogP contribution in [0.5, 0.6) is 0 Å². The van der Waals surface area contributed by atoms with Crippen LogP contribution in [-0.2, 0) is 6.54 Å². The van der Waals surface area contributed by atoms with Crippen molar-refractivity contribution in [1.29, 1.82) is 5.26 Å². The van der Waals surface area contributed by atoms with Crippen LogP contribution in [0.4, 0.5) is 0 Å². The molecule has 0 radical (unpaired) electrons. The van der Waals surface area contributed by atoms with E-state index in [1.54, 1.807) is 12.1 Å². The van der Waals surface area contributed by atoms with Crippen LogP contribution < -0.4 is 5.56 Å². The smallest absolute Gasteiger partial charge is 0.267 e. The summed E-state index contributed by atoms with van der Waals surface area (Å²) in [6.07, 6.45) is 2.46. The van der Waals surface area contributed by atoms with Gasteiger partial charge in [-0.1, -0.05) is 17.3 Å². The van der Waals surface area contributed by atoms with Crippen molar-refractivity contribution >= 4 is 10.9 Å². The largest absolute Gasteiger partial charge is 0.277 e. The van der Waals surface area contributed by atoms with Crippen LogP contribution in [-0.4, -0.2) is 15.0 Å². The van der Waals surface area contributed by atoms with Crippen molar-refractivity contribution in [3.05, 3.63) is 34.6 Å². The van der Waals surface area contributed by atoms with E-state index in [9.17, 15) is 4.79 Å². The first-order valence-electron chi connectivity index (χ1n) is 5.94. The van der Waals surface area contributed by atoms with E-state index in [1.165, 1.54) is 4.68 Å².